The van der Waals surface area contributed by atoms with Crippen LogP contribution in [0.2, 0.25) is 0 Å². The fourth-order valence-corrected chi connectivity index (χ4v) is 0.525. The van der Waals surface area contributed by atoms with Crippen LogP contribution in [-0.2, 0) is 0 Å². The molecule has 11 heavy (non-hydrogen) atoms. The van der Waals surface area contributed by atoms with E-state index in [-0.39, 0.29) is 5.75 Å². The monoisotopic (exact) mass is 155 g/mol. The molecule has 0 spiro atoms. The summed E-state index contributed by atoms with van der Waals surface area (Å²) in [7, 11) is -0.750. The second-order valence-electron chi connectivity index (χ2n) is 1.74. The normalized spacial score (nSPS) is 7.82. The zero-order valence-electron chi connectivity index (χ0n) is 5.94. The fourth-order valence-electron chi connectivity index (χ4n) is 0.525. The molecule has 0 atom stereocenters. The molecule has 5 heteroatoms. The number of anilines is 1. The van der Waals surface area contributed by atoms with Crippen LogP contribution in [0.25, 0.3) is 0 Å². The van der Waals surface area contributed by atoms with Gasteiger partial charge in [0.2, 0.25) is 0 Å². The number of phenols is 1. The van der Waals surface area contributed by atoms with Crippen LogP contribution >= 0.6 is 0 Å². The summed E-state index contributed by atoms with van der Waals surface area (Å²) in [6, 6.07) is 6.50. The van der Waals surface area contributed by atoms with Crippen molar-refractivity contribution < 1.29 is 15.2 Å². The third kappa shape index (κ3) is 5.26. The number of nitrogens with two attached hydrogens (primary N) is 1. The Morgan fingerprint density at radius 1 is 1.27 bits per heavy atom. The smallest absolute Gasteiger partial charge is 0.432 e. The van der Waals surface area contributed by atoms with Crippen LogP contribution in [0, 0.1) is 0 Å². The molecule has 0 radical (unpaired) electrons. The van der Waals surface area contributed by atoms with E-state index in [1.165, 1.54) is 6.07 Å². The first-order chi connectivity index (χ1) is 5.20. The number of phenolic OH excluding ortho intramolecular Hbond substituents is 1. The molecule has 0 aliphatic heterocycles. The molecule has 0 aliphatic carbocycles. The lowest BCUT2D eigenvalue weighted by Crippen LogP contribution is -1.80. The molecule has 0 fully saturated rings. The third-order valence-corrected chi connectivity index (χ3v) is 0.870. The zero-order chi connectivity index (χ0) is 8.69. The van der Waals surface area contributed by atoms with Gasteiger partial charge >= 0.3 is 7.69 Å². The molecule has 0 aromatic heterocycles. The van der Waals surface area contributed by atoms with Crippen molar-refractivity contribution in [3.63, 3.8) is 0 Å². The van der Waals surface area contributed by atoms with Crippen molar-refractivity contribution in [2.75, 3.05) is 5.73 Å². The van der Waals surface area contributed by atoms with Gasteiger partial charge in [-0.2, -0.15) is 0 Å². The molecule has 0 saturated carbocycles. The molecule has 5 N–H and O–H groups in total. The molecule has 0 saturated heterocycles. The van der Waals surface area contributed by atoms with Gasteiger partial charge in [0.05, 0.1) is 0 Å². The van der Waals surface area contributed by atoms with E-state index < -0.39 is 7.69 Å². The minimum absolute atomic E-state index is 0.213. The quantitative estimate of drug-likeness (QED) is 0.292. The Balaban J connectivity index is 0.000000292. The minimum atomic E-state index is -0.750. The van der Waals surface area contributed by atoms with E-state index >= 15 is 0 Å². The van der Waals surface area contributed by atoms with Crippen molar-refractivity contribution in [1.82, 2.24) is 0 Å². The first-order valence-electron chi connectivity index (χ1n) is 2.97. The number of nitrogen functional groups attached to an aromatic ring is 1. The average molecular weight is 155 g/mol. The van der Waals surface area contributed by atoms with Crippen molar-refractivity contribution in [3.05, 3.63) is 24.3 Å². The molecule has 0 unspecified atom stereocenters. The van der Waals surface area contributed by atoms with Gasteiger partial charge in [0.25, 0.3) is 0 Å². The molecule has 1 aromatic rings. The maximum atomic E-state index is 8.73. The van der Waals surface area contributed by atoms with E-state index in [0.29, 0.717) is 5.69 Å². The van der Waals surface area contributed by atoms with Gasteiger partial charge in [0, 0.05) is 11.8 Å². The van der Waals surface area contributed by atoms with Crippen LogP contribution in [0.4, 0.5) is 5.69 Å². The van der Waals surface area contributed by atoms with E-state index in [2.05, 4.69) is 0 Å². The highest BCUT2D eigenvalue weighted by Gasteiger charge is 1.83. The Morgan fingerprint density at radius 2 is 1.82 bits per heavy atom. The summed E-state index contributed by atoms with van der Waals surface area (Å²) in [5.41, 5.74) is 5.89. The van der Waals surface area contributed by atoms with Gasteiger partial charge in [-0.15, -0.1) is 0 Å². The predicted octanol–water partition coefficient (Wildman–Crippen LogP) is -0.788. The summed E-state index contributed by atoms with van der Waals surface area (Å²) in [4.78, 5) is 0. The minimum Gasteiger partial charge on any atom is -0.508 e. The Morgan fingerprint density at radius 3 is 2.09 bits per heavy atom. The van der Waals surface area contributed by atoms with Crippen LogP contribution < -0.4 is 5.73 Å². The van der Waals surface area contributed by atoms with Gasteiger partial charge in [-0.25, -0.2) is 0 Å². The lowest BCUT2D eigenvalue weighted by Gasteiger charge is -1.90. The van der Waals surface area contributed by atoms with Gasteiger partial charge in [-0.3, -0.25) is 0 Å². The molecule has 0 heterocycles. The highest BCUT2D eigenvalue weighted by atomic mass is 16.4. The highest BCUT2D eigenvalue weighted by molar-refractivity contribution is 6.13. The van der Waals surface area contributed by atoms with E-state index in [9.17, 15) is 0 Å². The molecule has 1 rings (SSSR count). The SMILES string of the molecule is Nc1cccc(O)c1.OBO. The van der Waals surface area contributed by atoms with Crippen molar-refractivity contribution >= 4 is 13.4 Å². The van der Waals surface area contributed by atoms with E-state index in [1.807, 2.05) is 0 Å². The number of rotatable bonds is 0. The van der Waals surface area contributed by atoms with Gasteiger partial charge in [0.15, 0.2) is 0 Å². The van der Waals surface area contributed by atoms with Crippen molar-refractivity contribution in [2.45, 2.75) is 0 Å². The van der Waals surface area contributed by atoms with E-state index in [4.69, 9.17) is 20.9 Å². The van der Waals surface area contributed by atoms with E-state index in [1.54, 1.807) is 18.2 Å². The average Bonchev–Trinajstić information content (AvgIpc) is 1.88. The summed E-state index contributed by atoms with van der Waals surface area (Å²) in [6.45, 7) is 0. The number of aromatic hydroxyl groups is 1. The van der Waals surface area contributed by atoms with Gasteiger partial charge in [-0.1, -0.05) is 6.07 Å². The van der Waals surface area contributed by atoms with Crippen LogP contribution in [0.15, 0.2) is 24.3 Å². The molecule has 1 aromatic carbocycles. The second-order valence-corrected chi connectivity index (χ2v) is 1.74. The summed E-state index contributed by atoms with van der Waals surface area (Å²) < 4.78 is 0. The van der Waals surface area contributed by atoms with Crippen molar-refractivity contribution in [2.24, 2.45) is 0 Å². The fraction of sp³-hybridized carbons (Fsp3) is 0. The van der Waals surface area contributed by atoms with Gasteiger partial charge in [0.1, 0.15) is 5.75 Å². The first kappa shape index (κ1) is 9.80. The lowest BCUT2D eigenvalue weighted by molar-refractivity contribution is 0.448. The molecule has 60 valence electrons. The van der Waals surface area contributed by atoms with Crippen molar-refractivity contribution in [3.8, 4) is 5.75 Å². The largest absolute Gasteiger partial charge is 0.508 e. The molecule has 4 nitrogen and oxygen atoms in total. The summed E-state index contributed by atoms with van der Waals surface area (Å²) in [6.07, 6.45) is 0. The van der Waals surface area contributed by atoms with Crippen LogP contribution in [-0.4, -0.2) is 22.8 Å². The van der Waals surface area contributed by atoms with Gasteiger partial charge in [-0.05, 0) is 12.1 Å². The summed E-state index contributed by atoms with van der Waals surface area (Å²) >= 11 is 0. The van der Waals surface area contributed by atoms with Gasteiger partial charge < -0.3 is 20.9 Å². The number of hydrogen-bond acceptors (Lipinski definition) is 4. The number of hydrogen-bond donors (Lipinski definition) is 4. The molecule has 0 bridgehead atoms. The maximum absolute atomic E-state index is 8.73. The summed E-state index contributed by atoms with van der Waals surface area (Å²) in [5.74, 6) is 0.213. The molecular formula is C6H10BNO3. The standard InChI is InChI=1S/C6H7NO.BH3O2/c7-5-2-1-3-6(8)4-5;2-1-3/h1-4,8H,7H2;1-3H. The Bertz CT molecular complexity index is 190. The Labute approximate surface area is 65.2 Å². The Hall–Kier alpha value is -1.20. The molecular weight excluding hydrogens is 145 g/mol. The maximum Gasteiger partial charge on any atom is 0.432 e. The van der Waals surface area contributed by atoms with Crippen molar-refractivity contribution in [1.29, 1.82) is 0 Å². The molecule has 0 aliphatic rings. The number of benzene rings is 1. The topological polar surface area (TPSA) is 86.7 Å². The van der Waals surface area contributed by atoms with Crippen LogP contribution in [0.3, 0.4) is 0 Å². The lowest BCUT2D eigenvalue weighted by atomic mass is 10.3. The van der Waals surface area contributed by atoms with Crippen LogP contribution in [0.1, 0.15) is 0 Å². The molecule has 0 amide bonds. The third-order valence-electron chi connectivity index (χ3n) is 0.870. The summed E-state index contributed by atoms with van der Waals surface area (Å²) in [5, 5.41) is 23.0. The highest BCUT2D eigenvalue weighted by Crippen LogP contribution is 2.10. The second kappa shape index (κ2) is 5.58. The van der Waals surface area contributed by atoms with E-state index in [0.717, 1.165) is 0 Å². The predicted molar refractivity (Wildman–Crippen MR) is 44.1 cm³/mol. The first-order valence-corrected chi connectivity index (χ1v) is 2.97. The van der Waals surface area contributed by atoms with Crippen LogP contribution in [0.5, 0.6) is 5.75 Å². The zero-order valence-corrected chi connectivity index (χ0v) is 5.94. The Kier molecular flexibility index (Phi) is 4.97.